The highest BCUT2D eigenvalue weighted by molar-refractivity contribution is 5.92. The molecule has 116 valence electrons. The molecule has 23 heavy (non-hydrogen) atoms. The largest absolute Gasteiger partial charge is 0.487 e. The van der Waals surface area contributed by atoms with Gasteiger partial charge in [-0.15, -0.1) is 0 Å². The maximum absolute atomic E-state index is 11.1. The number of ether oxygens (including phenoxy) is 1. The van der Waals surface area contributed by atoms with E-state index >= 15 is 0 Å². The van der Waals surface area contributed by atoms with Gasteiger partial charge in [-0.3, -0.25) is 10.1 Å². The monoisotopic (exact) mass is 308 g/mol. The average molecular weight is 308 g/mol. The molecule has 1 heterocycles. The number of benzene rings is 2. The predicted molar refractivity (Wildman–Crippen MR) is 87.3 cm³/mol. The van der Waals surface area contributed by atoms with Gasteiger partial charge >= 0.3 is 0 Å². The molecule has 1 aliphatic carbocycles. The highest BCUT2D eigenvalue weighted by Crippen LogP contribution is 2.35. The van der Waals surface area contributed by atoms with Crippen LogP contribution in [0.1, 0.15) is 16.7 Å². The van der Waals surface area contributed by atoms with E-state index in [1.165, 1.54) is 0 Å². The van der Waals surface area contributed by atoms with E-state index in [1.807, 2.05) is 48.7 Å². The maximum atomic E-state index is 11.1. The molecule has 5 heteroatoms. The number of rotatable bonds is 4. The van der Waals surface area contributed by atoms with Crippen LogP contribution in [-0.4, -0.2) is 15.9 Å². The van der Waals surface area contributed by atoms with Crippen LogP contribution in [0.2, 0.25) is 0 Å². The first-order valence-corrected chi connectivity index (χ1v) is 7.64. The molecule has 2 aromatic carbocycles. The van der Waals surface area contributed by atoms with Crippen LogP contribution in [0.3, 0.4) is 0 Å². The third-order valence-electron chi connectivity index (χ3n) is 4.41. The minimum absolute atomic E-state index is 0.179. The molecule has 1 aromatic heterocycles. The van der Waals surface area contributed by atoms with Gasteiger partial charge in [0.25, 0.3) is 0 Å². The van der Waals surface area contributed by atoms with Crippen molar-refractivity contribution in [3.63, 3.8) is 0 Å². The smallest absolute Gasteiger partial charge is 0.221 e. The summed E-state index contributed by atoms with van der Waals surface area (Å²) in [5, 5.41) is 12.2. The molecule has 4 rings (SSSR count). The first kappa shape index (κ1) is 13.8. The Morgan fingerprint density at radius 2 is 1.91 bits per heavy atom. The molecule has 0 amide bonds. The van der Waals surface area contributed by atoms with Crippen molar-refractivity contribution in [3.05, 3.63) is 75.5 Å². The van der Waals surface area contributed by atoms with Crippen LogP contribution in [0.15, 0.2) is 48.7 Å². The van der Waals surface area contributed by atoms with Crippen molar-refractivity contribution in [2.75, 3.05) is 0 Å². The van der Waals surface area contributed by atoms with Gasteiger partial charge in [0.2, 0.25) is 6.04 Å². The molecule has 3 aromatic rings. The first-order valence-electron chi connectivity index (χ1n) is 7.64. The van der Waals surface area contributed by atoms with Gasteiger partial charge in [0, 0.05) is 29.3 Å². The van der Waals surface area contributed by atoms with E-state index in [-0.39, 0.29) is 4.92 Å². The van der Waals surface area contributed by atoms with Gasteiger partial charge in [0.1, 0.15) is 12.4 Å². The lowest BCUT2D eigenvalue weighted by atomic mass is 9.89. The molecule has 1 unspecified atom stereocenters. The van der Waals surface area contributed by atoms with Crippen LogP contribution in [0.4, 0.5) is 0 Å². The summed E-state index contributed by atoms with van der Waals surface area (Å²) in [5.74, 6) is 0.790. The maximum Gasteiger partial charge on any atom is 0.221 e. The fourth-order valence-electron chi connectivity index (χ4n) is 3.28. The molecule has 0 spiro atoms. The van der Waals surface area contributed by atoms with E-state index in [0.29, 0.717) is 19.4 Å². The first-order chi connectivity index (χ1) is 11.2. The zero-order valence-electron chi connectivity index (χ0n) is 12.5. The van der Waals surface area contributed by atoms with E-state index in [0.717, 1.165) is 33.3 Å². The number of aromatic nitrogens is 1. The van der Waals surface area contributed by atoms with Gasteiger partial charge in [-0.2, -0.15) is 0 Å². The fraction of sp³-hybridized carbons (Fsp3) is 0.222. The topological polar surface area (TPSA) is 68.2 Å². The van der Waals surface area contributed by atoms with Gasteiger partial charge in [-0.25, -0.2) is 0 Å². The number of hydrogen-bond acceptors (Lipinski definition) is 3. The molecule has 0 fully saturated rings. The summed E-state index contributed by atoms with van der Waals surface area (Å²) in [6, 6.07) is 13.3. The van der Waals surface area contributed by atoms with Crippen molar-refractivity contribution in [1.29, 1.82) is 0 Å². The summed E-state index contributed by atoms with van der Waals surface area (Å²) < 4.78 is 5.95. The van der Waals surface area contributed by atoms with Crippen LogP contribution in [0.5, 0.6) is 5.75 Å². The Morgan fingerprint density at radius 3 is 2.70 bits per heavy atom. The Morgan fingerprint density at radius 1 is 1.13 bits per heavy atom. The SMILES string of the molecule is O=[N+]([O-])C1Cc2ccc(OCc3ccccc3)c3[nH]cc(c23)C1. The highest BCUT2D eigenvalue weighted by Gasteiger charge is 2.30. The van der Waals surface area contributed by atoms with Crippen LogP contribution in [0, 0.1) is 10.1 Å². The fourth-order valence-corrected chi connectivity index (χ4v) is 3.28. The van der Waals surface area contributed by atoms with E-state index in [2.05, 4.69) is 4.98 Å². The molecule has 0 radical (unpaired) electrons. The molecular weight excluding hydrogens is 292 g/mol. The minimum atomic E-state index is -0.530. The number of nitrogens with one attached hydrogen (secondary N) is 1. The summed E-state index contributed by atoms with van der Waals surface area (Å²) in [6.45, 7) is 0.501. The predicted octanol–water partition coefficient (Wildman–Crippen LogP) is 3.49. The summed E-state index contributed by atoms with van der Waals surface area (Å²) >= 11 is 0. The Kier molecular flexibility index (Phi) is 3.26. The molecule has 0 saturated heterocycles. The van der Waals surface area contributed by atoms with Gasteiger partial charge in [-0.05, 0) is 22.8 Å². The van der Waals surface area contributed by atoms with Gasteiger partial charge in [-0.1, -0.05) is 36.4 Å². The van der Waals surface area contributed by atoms with Crippen molar-refractivity contribution in [3.8, 4) is 5.75 Å². The van der Waals surface area contributed by atoms with Gasteiger partial charge in [0.05, 0.1) is 5.52 Å². The second-order valence-electron chi connectivity index (χ2n) is 5.91. The Balaban J connectivity index is 1.65. The van der Waals surface area contributed by atoms with Crippen LogP contribution in [0.25, 0.3) is 10.9 Å². The van der Waals surface area contributed by atoms with Crippen LogP contribution in [-0.2, 0) is 19.4 Å². The molecule has 1 N–H and O–H groups in total. The molecule has 5 nitrogen and oxygen atoms in total. The summed E-state index contributed by atoms with van der Waals surface area (Å²) in [7, 11) is 0. The third kappa shape index (κ3) is 2.44. The van der Waals surface area contributed by atoms with Gasteiger partial charge in [0.15, 0.2) is 0 Å². The van der Waals surface area contributed by atoms with Crippen LogP contribution < -0.4 is 4.74 Å². The van der Waals surface area contributed by atoms with E-state index < -0.39 is 6.04 Å². The summed E-state index contributed by atoms with van der Waals surface area (Å²) in [5.41, 5.74) is 4.08. The number of nitrogens with zero attached hydrogens (tertiary/aromatic N) is 1. The molecule has 1 atom stereocenters. The molecular formula is C18H16N2O3. The standard InChI is InChI=1S/C18H16N2O3/c21-20(22)15-8-13-6-7-16(18-17(13)14(9-15)10-19-18)23-11-12-4-2-1-3-5-12/h1-7,10,15,19H,8-9,11H2. The van der Waals surface area contributed by atoms with Crippen molar-refractivity contribution in [2.24, 2.45) is 0 Å². The Bertz CT molecular complexity index is 871. The number of H-pyrrole nitrogens is 1. The van der Waals surface area contributed by atoms with Crippen molar-refractivity contribution < 1.29 is 9.66 Å². The Labute approximate surface area is 133 Å². The number of hydrogen-bond donors (Lipinski definition) is 1. The number of nitro groups is 1. The summed E-state index contributed by atoms with van der Waals surface area (Å²) in [4.78, 5) is 14.2. The van der Waals surface area contributed by atoms with E-state index in [9.17, 15) is 10.1 Å². The van der Waals surface area contributed by atoms with E-state index in [1.54, 1.807) is 0 Å². The van der Waals surface area contributed by atoms with Gasteiger partial charge < -0.3 is 9.72 Å². The minimum Gasteiger partial charge on any atom is -0.487 e. The molecule has 0 saturated carbocycles. The van der Waals surface area contributed by atoms with E-state index in [4.69, 9.17) is 4.74 Å². The zero-order chi connectivity index (χ0) is 15.8. The number of aromatic amines is 1. The van der Waals surface area contributed by atoms with Crippen molar-refractivity contribution in [1.82, 2.24) is 4.98 Å². The molecule has 0 aliphatic heterocycles. The second kappa shape index (κ2) is 5.43. The second-order valence-corrected chi connectivity index (χ2v) is 5.91. The van der Waals surface area contributed by atoms with Crippen molar-refractivity contribution >= 4 is 10.9 Å². The lowest BCUT2D eigenvalue weighted by Crippen LogP contribution is -2.27. The lowest BCUT2D eigenvalue weighted by Gasteiger charge is -2.17. The lowest BCUT2D eigenvalue weighted by molar-refractivity contribution is -0.521. The normalized spacial score (nSPS) is 16.4. The Hall–Kier alpha value is -2.82. The van der Waals surface area contributed by atoms with Crippen molar-refractivity contribution in [2.45, 2.75) is 25.5 Å². The molecule has 0 bridgehead atoms. The molecule has 1 aliphatic rings. The van der Waals surface area contributed by atoms with Crippen LogP contribution >= 0.6 is 0 Å². The average Bonchev–Trinajstić information content (AvgIpc) is 3.00. The zero-order valence-corrected chi connectivity index (χ0v) is 12.5. The summed E-state index contributed by atoms with van der Waals surface area (Å²) in [6.07, 6.45) is 2.83. The highest BCUT2D eigenvalue weighted by atomic mass is 16.6. The third-order valence-corrected chi connectivity index (χ3v) is 4.41. The quantitative estimate of drug-likeness (QED) is 0.592.